The van der Waals surface area contributed by atoms with Crippen molar-refractivity contribution in [1.82, 2.24) is 4.90 Å². The summed E-state index contributed by atoms with van der Waals surface area (Å²) in [6.45, 7) is 3.51. The van der Waals surface area contributed by atoms with Crippen LogP contribution in [0.1, 0.15) is 33.9 Å². The summed E-state index contributed by atoms with van der Waals surface area (Å²) in [5.41, 5.74) is 5.59. The standard InChI is InChI=1S/C28H27ClN4O/c29-26-8-6-24(7-9-26)28-20-32(13-11-21-1-3-23(18-30)4-2-21)14-15-33(28)27-10-5-22(12-16-34)17-25(27)19-31/h1-10,17,28,34H,11-16,20H2/t28-/m0/s1. The fourth-order valence-electron chi connectivity index (χ4n) is 4.54. The van der Waals surface area contributed by atoms with Gasteiger partial charge in [-0.3, -0.25) is 4.90 Å². The summed E-state index contributed by atoms with van der Waals surface area (Å²) in [6, 6.07) is 26.3. The SMILES string of the molecule is N#Cc1ccc(CCN2CCN(c3ccc(CCO)cc3C#N)[C@H](c3ccc(Cl)cc3)C2)cc1. The minimum atomic E-state index is 0.0650. The van der Waals surface area contributed by atoms with Crippen molar-refractivity contribution < 1.29 is 5.11 Å². The molecule has 1 atom stereocenters. The predicted octanol–water partition coefficient (Wildman–Crippen LogP) is 4.72. The molecule has 1 aliphatic rings. The van der Waals surface area contributed by atoms with Crippen LogP contribution in [0.5, 0.6) is 0 Å². The average molecular weight is 471 g/mol. The molecule has 1 fully saturated rings. The van der Waals surface area contributed by atoms with E-state index in [1.54, 1.807) is 0 Å². The molecule has 1 N–H and O–H groups in total. The van der Waals surface area contributed by atoms with Gasteiger partial charge in [-0.25, -0.2) is 0 Å². The maximum absolute atomic E-state index is 9.85. The monoisotopic (exact) mass is 470 g/mol. The predicted molar refractivity (Wildman–Crippen MR) is 135 cm³/mol. The Balaban J connectivity index is 1.56. The van der Waals surface area contributed by atoms with Crippen LogP contribution in [0.4, 0.5) is 5.69 Å². The van der Waals surface area contributed by atoms with E-state index < -0.39 is 0 Å². The molecule has 4 rings (SSSR count). The van der Waals surface area contributed by atoms with Crippen LogP contribution in [0.2, 0.25) is 5.02 Å². The van der Waals surface area contributed by atoms with Gasteiger partial charge in [-0.2, -0.15) is 10.5 Å². The Morgan fingerprint density at radius 1 is 0.882 bits per heavy atom. The van der Waals surface area contributed by atoms with Crippen molar-refractivity contribution in [2.24, 2.45) is 0 Å². The van der Waals surface area contributed by atoms with Crippen LogP contribution < -0.4 is 4.90 Å². The third-order valence-corrected chi connectivity index (χ3v) is 6.66. The maximum atomic E-state index is 9.85. The van der Waals surface area contributed by atoms with Gasteiger partial charge in [0.25, 0.3) is 0 Å². The van der Waals surface area contributed by atoms with E-state index in [0.717, 1.165) is 49.4 Å². The zero-order valence-corrected chi connectivity index (χ0v) is 19.7. The van der Waals surface area contributed by atoms with Gasteiger partial charge in [0.1, 0.15) is 6.07 Å². The van der Waals surface area contributed by atoms with E-state index in [4.69, 9.17) is 16.9 Å². The lowest BCUT2D eigenvalue weighted by Crippen LogP contribution is -2.49. The Bertz CT molecular complexity index is 1200. The highest BCUT2D eigenvalue weighted by Crippen LogP contribution is 2.34. The van der Waals surface area contributed by atoms with Crippen LogP contribution in [0.15, 0.2) is 66.7 Å². The lowest BCUT2D eigenvalue weighted by atomic mass is 9.98. The number of nitrogens with zero attached hydrogens (tertiary/aromatic N) is 4. The summed E-state index contributed by atoms with van der Waals surface area (Å²) in [7, 11) is 0. The smallest absolute Gasteiger partial charge is 0.101 e. The van der Waals surface area contributed by atoms with Gasteiger partial charge in [0, 0.05) is 37.8 Å². The minimum Gasteiger partial charge on any atom is -0.396 e. The minimum absolute atomic E-state index is 0.0650. The quantitative estimate of drug-likeness (QED) is 0.540. The van der Waals surface area contributed by atoms with E-state index in [9.17, 15) is 10.4 Å². The second-order valence-corrected chi connectivity index (χ2v) is 8.99. The summed E-state index contributed by atoms with van der Waals surface area (Å²) >= 11 is 6.16. The molecule has 0 radical (unpaired) electrons. The van der Waals surface area contributed by atoms with Crippen LogP contribution in [-0.2, 0) is 12.8 Å². The highest BCUT2D eigenvalue weighted by molar-refractivity contribution is 6.30. The van der Waals surface area contributed by atoms with E-state index in [1.807, 2.05) is 54.6 Å². The first kappa shape index (κ1) is 23.8. The normalized spacial score (nSPS) is 16.1. The van der Waals surface area contributed by atoms with Crippen molar-refractivity contribution in [3.05, 3.63) is 99.6 Å². The van der Waals surface area contributed by atoms with Gasteiger partial charge in [0.15, 0.2) is 0 Å². The molecule has 0 unspecified atom stereocenters. The number of aliphatic hydroxyl groups is 1. The van der Waals surface area contributed by atoms with Crippen LogP contribution >= 0.6 is 11.6 Å². The van der Waals surface area contributed by atoms with Gasteiger partial charge in [0.05, 0.1) is 28.9 Å². The largest absolute Gasteiger partial charge is 0.396 e. The third-order valence-electron chi connectivity index (χ3n) is 6.41. The summed E-state index contributed by atoms with van der Waals surface area (Å²) < 4.78 is 0. The maximum Gasteiger partial charge on any atom is 0.101 e. The molecule has 6 heteroatoms. The fraction of sp³-hybridized carbons (Fsp3) is 0.286. The molecule has 172 valence electrons. The van der Waals surface area contributed by atoms with Crippen molar-refractivity contribution in [2.75, 3.05) is 37.7 Å². The number of nitriles is 2. The zero-order valence-electron chi connectivity index (χ0n) is 19.0. The molecule has 0 aromatic heterocycles. The van der Waals surface area contributed by atoms with E-state index >= 15 is 0 Å². The molecule has 0 spiro atoms. The van der Waals surface area contributed by atoms with E-state index in [1.165, 1.54) is 5.56 Å². The van der Waals surface area contributed by atoms with Gasteiger partial charge in [-0.05, 0) is 65.9 Å². The first-order valence-electron chi connectivity index (χ1n) is 11.5. The molecule has 0 aliphatic carbocycles. The Kier molecular flexibility index (Phi) is 7.83. The molecule has 1 aliphatic heterocycles. The van der Waals surface area contributed by atoms with Gasteiger partial charge >= 0.3 is 0 Å². The van der Waals surface area contributed by atoms with Crippen LogP contribution in [0.25, 0.3) is 0 Å². The van der Waals surface area contributed by atoms with Gasteiger partial charge in [0.2, 0.25) is 0 Å². The van der Waals surface area contributed by atoms with Crippen molar-refractivity contribution in [2.45, 2.75) is 18.9 Å². The Hall–Kier alpha value is -3.35. The fourth-order valence-corrected chi connectivity index (χ4v) is 4.67. The number of hydrogen-bond acceptors (Lipinski definition) is 5. The molecule has 3 aromatic carbocycles. The highest BCUT2D eigenvalue weighted by atomic mass is 35.5. The number of aliphatic hydroxyl groups excluding tert-OH is 1. The molecular formula is C28H27ClN4O. The Labute approximate surface area is 206 Å². The number of hydrogen-bond donors (Lipinski definition) is 1. The number of halogens is 1. The second kappa shape index (κ2) is 11.2. The summed E-state index contributed by atoms with van der Waals surface area (Å²) in [5.74, 6) is 0. The van der Waals surface area contributed by atoms with Crippen LogP contribution in [0.3, 0.4) is 0 Å². The number of piperazine rings is 1. The molecule has 34 heavy (non-hydrogen) atoms. The van der Waals surface area contributed by atoms with Crippen molar-refractivity contribution in [3.8, 4) is 12.1 Å². The molecule has 5 nitrogen and oxygen atoms in total. The van der Waals surface area contributed by atoms with Gasteiger partial charge in [-0.15, -0.1) is 0 Å². The summed E-state index contributed by atoms with van der Waals surface area (Å²) in [5, 5.41) is 28.8. The van der Waals surface area contributed by atoms with Crippen LogP contribution in [0, 0.1) is 22.7 Å². The molecule has 1 saturated heterocycles. The van der Waals surface area contributed by atoms with E-state index in [2.05, 4.69) is 34.1 Å². The molecular weight excluding hydrogens is 444 g/mol. The average Bonchev–Trinajstić information content (AvgIpc) is 2.88. The van der Waals surface area contributed by atoms with E-state index in [0.29, 0.717) is 22.6 Å². The number of rotatable bonds is 7. The second-order valence-electron chi connectivity index (χ2n) is 8.56. The molecule has 3 aromatic rings. The first-order chi connectivity index (χ1) is 16.6. The molecule has 0 amide bonds. The Morgan fingerprint density at radius 2 is 1.62 bits per heavy atom. The molecule has 0 saturated carbocycles. The summed E-state index contributed by atoms with van der Waals surface area (Å²) in [6.07, 6.45) is 1.46. The van der Waals surface area contributed by atoms with Gasteiger partial charge in [-0.1, -0.05) is 41.9 Å². The van der Waals surface area contributed by atoms with E-state index in [-0.39, 0.29) is 12.6 Å². The zero-order chi connectivity index (χ0) is 23.9. The highest BCUT2D eigenvalue weighted by Gasteiger charge is 2.29. The molecule has 1 heterocycles. The molecule has 0 bridgehead atoms. The summed E-state index contributed by atoms with van der Waals surface area (Å²) in [4.78, 5) is 4.78. The van der Waals surface area contributed by atoms with Gasteiger partial charge < -0.3 is 10.0 Å². The van der Waals surface area contributed by atoms with Crippen molar-refractivity contribution >= 4 is 17.3 Å². The van der Waals surface area contributed by atoms with Crippen molar-refractivity contribution in [3.63, 3.8) is 0 Å². The Morgan fingerprint density at radius 3 is 2.29 bits per heavy atom. The van der Waals surface area contributed by atoms with Crippen molar-refractivity contribution in [1.29, 1.82) is 10.5 Å². The van der Waals surface area contributed by atoms with Crippen LogP contribution in [-0.4, -0.2) is 42.8 Å². The first-order valence-corrected chi connectivity index (χ1v) is 11.9. The number of benzene rings is 3. The number of anilines is 1. The third kappa shape index (κ3) is 5.58. The lowest BCUT2D eigenvalue weighted by Gasteiger charge is -2.43. The lowest BCUT2D eigenvalue weighted by molar-refractivity contribution is 0.226. The topological polar surface area (TPSA) is 74.3 Å².